The summed E-state index contributed by atoms with van der Waals surface area (Å²) < 4.78 is 52.4. The highest BCUT2D eigenvalue weighted by Gasteiger charge is 2.31. The van der Waals surface area contributed by atoms with Gasteiger partial charge in [-0.1, -0.05) is 25.1 Å². The number of carbonyl (C=O) groups is 1. The first kappa shape index (κ1) is 23.2. The van der Waals surface area contributed by atoms with Crippen LogP contribution in [-0.4, -0.2) is 38.9 Å². The molecule has 0 aromatic heterocycles. The van der Waals surface area contributed by atoms with Gasteiger partial charge in [-0.05, 0) is 42.3 Å². The number of rotatable bonds is 10. The molecule has 0 bridgehead atoms. The molecule has 0 radical (unpaired) electrons. The predicted octanol–water partition coefficient (Wildman–Crippen LogP) is 3.56. The lowest BCUT2D eigenvalue weighted by molar-refractivity contribution is -0.122. The molecule has 158 valence electrons. The molecule has 9 heteroatoms. The third-order valence-electron chi connectivity index (χ3n) is 4.17. The minimum Gasteiger partial charge on any atom is -0.353 e. The number of carbonyl (C=O) groups excluding carboxylic acids is 1. The van der Waals surface area contributed by atoms with Gasteiger partial charge in [-0.15, -0.1) is 0 Å². The molecule has 0 saturated heterocycles. The Bertz CT molecular complexity index is 922. The fourth-order valence-electron chi connectivity index (χ4n) is 2.81. The van der Waals surface area contributed by atoms with Crippen LogP contribution in [0.1, 0.15) is 18.9 Å². The first-order chi connectivity index (χ1) is 13.7. The Morgan fingerprint density at radius 2 is 1.79 bits per heavy atom. The second-order valence-electron chi connectivity index (χ2n) is 6.39. The fourth-order valence-corrected chi connectivity index (χ4v) is 4.87. The number of sulfonamides is 1. The third-order valence-corrected chi connectivity index (χ3v) is 6.36. The van der Waals surface area contributed by atoms with Crippen LogP contribution in [0.2, 0.25) is 0 Å². The molecule has 2 aromatic rings. The van der Waals surface area contributed by atoms with Gasteiger partial charge in [0.05, 0.1) is 11.9 Å². The number of anilines is 1. The van der Waals surface area contributed by atoms with E-state index >= 15 is 0 Å². The van der Waals surface area contributed by atoms with E-state index in [1.165, 1.54) is 30.0 Å². The van der Waals surface area contributed by atoms with Crippen molar-refractivity contribution in [3.8, 4) is 0 Å². The molecule has 1 atom stereocenters. The molecule has 29 heavy (non-hydrogen) atoms. The summed E-state index contributed by atoms with van der Waals surface area (Å²) in [5, 5.41) is 2.73. The fraction of sp³-hybridized carbons (Fsp3) is 0.350. The van der Waals surface area contributed by atoms with Crippen LogP contribution < -0.4 is 9.62 Å². The summed E-state index contributed by atoms with van der Waals surface area (Å²) in [6.07, 6.45) is 1.26. The van der Waals surface area contributed by atoms with E-state index in [4.69, 9.17) is 0 Å². The van der Waals surface area contributed by atoms with Crippen LogP contribution in [-0.2, 0) is 20.6 Å². The highest BCUT2D eigenvalue weighted by atomic mass is 32.2. The maximum Gasteiger partial charge on any atom is 0.243 e. The van der Waals surface area contributed by atoms with Gasteiger partial charge in [-0.3, -0.25) is 9.10 Å². The Morgan fingerprint density at radius 3 is 2.38 bits per heavy atom. The van der Waals surface area contributed by atoms with Crippen molar-refractivity contribution in [2.45, 2.75) is 25.1 Å². The van der Waals surface area contributed by atoms with Gasteiger partial charge in [-0.2, -0.15) is 11.8 Å². The lowest BCUT2D eigenvalue weighted by Gasteiger charge is -2.30. The molecule has 1 amide bonds. The summed E-state index contributed by atoms with van der Waals surface area (Å²) in [5.41, 5.74) is 0.819. The monoisotopic (exact) mass is 442 g/mol. The minimum absolute atomic E-state index is 0.227. The standard InChI is InChI=1S/C20H24F2N2O3S2/c1-3-19(24(29(2,26)27)17-10-8-16(21)9-11-17)20(25)23-12-13-28-14-15-6-4-5-7-18(15)22/h4-11,19H,3,12-14H2,1-2H3,(H,23,25)/t19-/m1/s1. The molecule has 0 aliphatic heterocycles. The van der Waals surface area contributed by atoms with Crippen LogP contribution in [0, 0.1) is 11.6 Å². The van der Waals surface area contributed by atoms with Crippen LogP contribution in [0.25, 0.3) is 0 Å². The molecule has 1 N–H and O–H groups in total. The summed E-state index contributed by atoms with van der Waals surface area (Å²) in [7, 11) is -3.76. The Labute approximate surface area is 174 Å². The largest absolute Gasteiger partial charge is 0.353 e. The van der Waals surface area contributed by atoms with Gasteiger partial charge in [0.25, 0.3) is 0 Å². The van der Waals surface area contributed by atoms with Gasteiger partial charge >= 0.3 is 0 Å². The highest BCUT2D eigenvalue weighted by Crippen LogP contribution is 2.23. The normalized spacial score (nSPS) is 12.4. The van der Waals surface area contributed by atoms with E-state index in [0.29, 0.717) is 23.6 Å². The van der Waals surface area contributed by atoms with E-state index in [-0.39, 0.29) is 17.9 Å². The zero-order chi connectivity index (χ0) is 21.4. The van der Waals surface area contributed by atoms with Crippen LogP contribution in [0.4, 0.5) is 14.5 Å². The Kier molecular flexibility index (Phi) is 8.45. The first-order valence-electron chi connectivity index (χ1n) is 9.08. The maximum absolute atomic E-state index is 13.6. The second kappa shape index (κ2) is 10.6. The molecule has 0 aliphatic rings. The Morgan fingerprint density at radius 1 is 1.14 bits per heavy atom. The topological polar surface area (TPSA) is 66.5 Å². The van der Waals surface area contributed by atoms with Gasteiger partial charge in [0.15, 0.2) is 0 Å². The van der Waals surface area contributed by atoms with Crippen molar-refractivity contribution in [1.82, 2.24) is 5.32 Å². The van der Waals surface area contributed by atoms with Crippen molar-refractivity contribution < 1.29 is 22.0 Å². The third kappa shape index (κ3) is 6.71. The second-order valence-corrected chi connectivity index (χ2v) is 9.36. The number of halogens is 2. The number of amides is 1. The minimum atomic E-state index is -3.76. The SMILES string of the molecule is CC[C@H](C(=O)NCCSCc1ccccc1F)N(c1ccc(F)cc1)S(C)(=O)=O. The van der Waals surface area contributed by atoms with E-state index in [2.05, 4.69) is 5.32 Å². The lowest BCUT2D eigenvalue weighted by atomic mass is 10.2. The summed E-state index contributed by atoms with van der Waals surface area (Å²) in [5.74, 6) is -0.171. The van der Waals surface area contributed by atoms with E-state index in [0.717, 1.165) is 22.7 Å². The summed E-state index contributed by atoms with van der Waals surface area (Å²) in [4.78, 5) is 12.6. The molecule has 0 fully saturated rings. The van der Waals surface area contributed by atoms with Crippen molar-refractivity contribution in [3.63, 3.8) is 0 Å². The van der Waals surface area contributed by atoms with Gasteiger partial charge in [0.1, 0.15) is 17.7 Å². The molecule has 0 saturated carbocycles. The van der Waals surface area contributed by atoms with Crippen LogP contribution in [0.15, 0.2) is 48.5 Å². The molecule has 2 aromatic carbocycles. The number of hydrogen-bond donors (Lipinski definition) is 1. The molecule has 0 unspecified atom stereocenters. The van der Waals surface area contributed by atoms with E-state index < -0.39 is 27.8 Å². The maximum atomic E-state index is 13.6. The Balaban J connectivity index is 1.97. The molecular formula is C20H24F2N2O3S2. The summed E-state index contributed by atoms with van der Waals surface area (Å²) >= 11 is 1.47. The highest BCUT2D eigenvalue weighted by molar-refractivity contribution is 7.98. The average molecular weight is 443 g/mol. The van der Waals surface area contributed by atoms with Crippen molar-refractivity contribution in [2.24, 2.45) is 0 Å². The van der Waals surface area contributed by atoms with Gasteiger partial charge < -0.3 is 5.32 Å². The number of hydrogen-bond acceptors (Lipinski definition) is 4. The van der Waals surface area contributed by atoms with Crippen LogP contribution in [0.3, 0.4) is 0 Å². The summed E-state index contributed by atoms with van der Waals surface area (Å²) in [6.45, 7) is 2.02. The first-order valence-corrected chi connectivity index (χ1v) is 12.1. The quantitative estimate of drug-likeness (QED) is 0.572. The van der Waals surface area contributed by atoms with Crippen LogP contribution >= 0.6 is 11.8 Å². The van der Waals surface area contributed by atoms with Crippen molar-refractivity contribution in [2.75, 3.05) is 22.9 Å². The molecule has 0 spiro atoms. The number of benzene rings is 2. The van der Waals surface area contributed by atoms with Gasteiger partial charge in [0.2, 0.25) is 15.9 Å². The molecule has 2 rings (SSSR count). The molecule has 5 nitrogen and oxygen atoms in total. The molecule has 0 aliphatic carbocycles. The average Bonchev–Trinajstić information content (AvgIpc) is 2.67. The van der Waals surface area contributed by atoms with E-state index in [1.54, 1.807) is 25.1 Å². The molecular weight excluding hydrogens is 418 g/mol. The van der Waals surface area contributed by atoms with E-state index in [1.807, 2.05) is 0 Å². The van der Waals surface area contributed by atoms with Gasteiger partial charge in [0, 0.05) is 18.1 Å². The zero-order valence-corrected chi connectivity index (χ0v) is 17.9. The van der Waals surface area contributed by atoms with Crippen LogP contribution in [0.5, 0.6) is 0 Å². The Hall–Kier alpha value is -2.13. The van der Waals surface area contributed by atoms with E-state index in [9.17, 15) is 22.0 Å². The van der Waals surface area contributed by atoms with Crippen molar-refractivity contribution in [1.29, 1.82) is 0 Å². The zero-order valence-electron chi connectivity index (χ0n) is 16.3. The lowest BCUT2D eigenvalue weighted by Crippen LogP contribution is -2.49. The number of nitrogens with zero attached hydrogens (tertiary/aromatic N) is 1. The van der Waals surface area contributed by atoms with Gasteiger partial charge in [-0.25, -0.2) is 17.2 Å². The predicted molar refractivity (Wildman–Crippen MR) is 113 cm³/mol. The van der Waals surface area contributed by atoms with Crippen molar-refractivity contribution in [3.05, 3.63) is 65.7 Å². The number of thioether (sulfide) groups is 1. The molecule has 0 heterocycles. The number of nitrogens with one attached hydrogen (secondary N) is 1. The van der Waals surface area contributed by atoms with Crippen molar-refractivity contribution >= 4 is 33.4 Å². The summed E-state index contributed by atoms with van der Waals surface area (Å²) in [6, 6.07) is 10.5. The smallest absolute Gasteiger partial charge is 0.243 e.